The maximum absolute atomic E-state index is 4.91. The van der Waals surface area contributed by atoms with E-state index in [-0.39, 0.29) is 0 Å². The maximum atomic E-state index is 4.91. The summed E-state index contributed by atoms with van der Waals surface area (Å²) in [5, 5.41) is 4.78. The molecule has 9 aromatic carbocycles. The van der Waals surface area contributed by atoms with E-state index in [9.17, 15) is 0 Å². The van der Waals surface area contributed by atoms with Crippen molar-refractivity contribution in [2.45, 2.75) is 0 Å². The van der Waals surface area contributed by atoms with Gasteiger partial charge in [0.15, 0.2) is 0 Å². The number of aromatic nitrogens is 2. The summed E-state index contributed by atoms with van der Waals surface area (Å²) in [6.45, 7) is 0. The molecule has 0 saturated carbocycles. The summed E-state index contributed by atoms with van der Waals surface area (Å²) >= 11 is 0. The lowest BCUT2D eigenvalue weighted by Gasteiger charge is -2.21. The second-order valence-electron chi connectivity index (χ2n) is 15.8. The quantitative estimate of drug-likeness (QED) is 0.143. The first kappa shape index (κ1) is 36.8. The zero-order valence-corrected chi connectivity index (χ0v) is 34.0. The van der Waals surface area contributed by atoms with Crippen molar-refractivity contribution >= 4 is 21.5 Å². The molecule has 11 rings (SSSR count). The molecule has 0 N–H and O–H groups in total. The van der Waals surface area contributed by atoms with Crippen LogP contribution in [0, 0.1) is 0 Å². The van der Waals surface area contributed by atoms with Crippen molar-refractivity contribution in [2.24, 2.45) is 0 Å². The van der Waals surface area contributed by atoms with E-state index in [1.165, 1.54) is 88.3 Å². The molecule has 0 spiro atoms. The van der Waals surface area contributed by atoms with Crippen LogP contribution in [-0.4, -0.2) is 9.97 Å². The van der Waals surface area contributed by atoms with E-state index in [0.717, 1.165) is 22.5 Å². The number of hydrogen-bond donors (Lipinski definition) is 0. The second-order valence-corrected chi connectivity index (χ2v) is 15.8. The summed E-state index contributed by atoms with van der Waals surface area (Å²) in [6, 6.07) is 83.2. The van der Waals surface area contributed by atoms with E-state index in [1.807, 2.05) is 30.6 Å². The van der Waals surface area contributed by atoms with Gasteiger partial charge in [0, 0.05) is 18.0 Å². The lowest BCUT2D eigenvalue weighted by atomic mass is 9.82. The number of hydrogen-bond acceptors (Lipinski definition) is 2. The van der Waals surface area contributed by atoms with Crippen molar-refractivity contribution < 1.29 is 0 Å². The molecule has 0 unspecified atom stereocenters. The summed E-state index contributed by atoms with van der Waals surface area (Å²) in [5.41, 5.74) is 18.1. The molecule has 2 heterocycles. The molecule has 2 heteroatoms. The summed E-state index contributed by atoms with van der Waals surface area (Å²) in [5.74, 6) is 0. The van der Waals surface area contributed by atoms with Crippen LogP contribution in [0.2, 0.25) is 0 Å². The van der Waals surface area contributed by atoms with Crippen LogP contribution in [0.25, 0.3) is 111 Å². The molecular formula is C60H40N2. The van der Waals surface area contributed by atoms with Gasteiger partial charge in [-0.2, -0.15) is 0 Å². The fourth-order valence-corrected chi connectivity index (χ4v) is 8.94. The molecule has 0 aliphatic rings. The highest BCUT2D eigenvalue weighted by Gasteiger charge is 2.20. The van der Waals surface area contributed by atoms with Crippen molar-refractivity contribution in [1.82, 2.24) is 9.97 Å². The van der Waals surface area contributed by atoms with Crippen molar-refractivity contribution in [3.63, 3.8) is 0 Å². The lowest BCUT2D eigenvalue weighted by molar-refractivity contribution is 1.25. The van der Waals surface area contributed by atoms with E-state index in [1.54, 1.807) is 0 Å². The van der Waals surface area contributed by atoms with Crippen LogP contribution in [0.15, 0.2) is 243 Å². The van der Waals surface area contributed by atoms with E-state index in [2.05, 4.69) is 217 Å². The fourth-order valence-electron chi connectivity index (χ4n) is 8.94. The number of benzene rings is 9. The Hall–Kier alpha value is -8.20. The van der Waals surface area contributed by atoms with Crippen molar-refractivity contribution in [3.05, 3.63) is 243 Å². The number of fused-ring (bicyclic) bond motifs is 2. The van der Waals surface area contributed by atoms with Crippen LogP contribution < -0.4 is 0 Å². The van der Waals surface area contributed by atoms with Crippen LogP contribution in [0.1, 0.15) is 0 Å². The Morgan fingerprint density at radius 2 is 0.597 bits per heavy atom. The molecule has 0 aliphatic carbocycles. The minimum Gasteiger partial charge on any atom is -0.255 e. The molecule has 0 saturated heterocycles. The van der Waals surface area contributed by atoms with Crippen molar-refractivity contribution in [1.29, 1.82) is 0 Å². The first-order valence-electron chi connectivity index (χ1n) is 21.1. The maximum Gasteiger partial charge on any atom is 0.0886 e. The van der Waals surface area contributed by atoms with Gasteiger partial charge in [0.2, 0.25) is 0 Å². The topological polar surface area (TPSA) is 25.8 Å². The van der Waals surface area contributed by atoms with Gasteiger partial charge < -0.3 is 0 Å². The van der Waals surface area contributed by atoms with Gasteiger partial charge in [0.25, 0.3) is 0 Å². The second kappa shape index (κ2) is 16.1. The van der Waals surface area contributed by atoms with E-state index in [0.29, 0.717) is 0 Å². The minimum absolute atomic E-state index is 0.850. The SMILES string of the molecule is c1ccc(-c2cc(-c3ccccc3)cc(-c3c4ccccc4c(-c4cc(-c5ccccc5)cc(-c5ccccc5)c4)c4cc(-c5ccc(-c6ccccn6)nc5)ccc34)c2)cc1. The molecule has 0 fully saturated rings. The normalized spacial score (nSPS) is 11.2. The van der Waals surface area contributed by atoms with Gasteiger partial charge in [-0.1, -0.05) is 170 Å². The molecule has 2 aromatic heterocycles. The van der Waals surface area contributed by atoms with Gasteiger partial charge in [0.1, 0.15) is 0 Å². The van der Waals surface area contributed by atoms with Crippen LogP contribution in [0.4, 0.5) is 0 Å². The third-order valence-corrected chi connectivity index (χ3v) is 11.9. The molecule has 0 bridgehead atoms. The van der Waals surface area contributed by atoms with Gasteiger partial charge in [-0.05, 0) is 155 Å². The predicted octanol–water partition coefficient (Wildman–Crippen LogP) is 16.1. The number of pyridine rings is 2. The first-order chi connectivity index (χ1) is 30.7. The van der Waals surface area contributed by atoms with E-state index in [4.69, 9.17) is 4.98 Å². The molecule has 0 amide bonds. The first-order valence-corrected chi connectivity index (χ1v) is 21.1. The summed E-state index contributed by atoms with van der Waals surface area (Å²) in [6.07, 6.45) is 3.79. The summed E-state index contributed by atoms with van der Waals surface area (Å²) < 4.78 is 0. The Bertz CT molecular complexity index is 3230. The molecule has 290 valence electrons. The number of nitrogens with zero attached hydrogens (tertiary/aromatic N) is 2. The Morgan fingerprint density at radius 3 is 1.03 bits per heavy atom. The Morgan fingerprint density at radius 1 is 0.210 bits per heavy atom. The zero-order valence-electron chi connectivity index (χ0n) is 34.0. The highest BCUT2D eigenvalue weighted by Crippen LogP contribution is 2.47. The van der Waals surface area contributed by atoms with E-state index >= 15 is 0 Å². The summed E-state index contributed by atoms with van der Waals surface area (Å²) in [7, 11) is 0. The fraction of sp³-hybridized carbons (Fsp3) is 0. The zero-order chi connectivity index (χ0) is 41.2. The largest absolute Gasteiger partial charge is 0.255 e. The summed E-state index contributed by atoms with van der Waals surface area (Å²) in [4.78, 5) is 9.46. The Labute approximate surface area is 362 Å². The lowest BCUT2D eigenvalue weighted by Crippen LogP contribution is -1.94. The smallest absolute Gasteiger partial charge is 0.0886 e. The standard InChI is InChI=1S/C60H40N2/c1-5-17-41(18-6-1)47-33-48(42-19-7-2-8-20-42)36-51(35-47)59-53-25-13-14-26-54(53)60(52-37-49(43-21-9-3-10-22-43)34-50(38-52)44-23-11-4-12-24-44)56-39-45(28-30-55(56)59)46-29-31-58(62-40-46)57-27-15-16-32-61-57/h1-40H. The van der Waals surface area contributed by atoms with Gasteiger partial charge in [-0.15, -0.1) is 0 Å². The van der Waals surface area contributed by atoms with Gasteiger partial charge >= 0.3 is 0 Å². The minimum atomic E-state index is 0.850. The van der Waals surface area contributed by atoms with Crippen LogP contribution in [-0.2, 0) is 0 Å². The van der Waals surface area contributed by atoms with Crippen molar-refractivity contribution in [3.8, 4) is 89.3 Å². The highest BCUT2D eigenvalue weighted by molar-refractivity contribution is 6.22. The average Bonchev–Trinajstić information content (AvgIpc) is 3.36. The van der Waals surface area contributed by atoms with Gasteiger partial charge in [-0.25, -0.2) is 0 Å². The molecule has 2 nitrogen and oxygen atoms in total. The van der Waals surface area contributed by atoms with Crippen molar-refractivity contribution in [2.75, 3.05) is 0 Å². The Kier molecular flexibility index (Phi) is 9.57. The molecule has 0 aliphatic heterocycles. The van der Waals surface area contributed by atoms with Crippen LogP contribution in [0.5, 0.6) is 0 Å². The monoisotopic (exact) mass is 788 g/mol. The van der Waals surface area contributed by atoms with Crippen LogP contribution in [0.3, 0.4) is 0 Å². The van der Waals surface area contributed by atoms with Crippen LogP contribution >= 0.6 is 0 Å². The highest BCUT2D eigenvalue weighted by atomic mass is 14.8. The predicted molar refractivity (Wildman–Crippen MR) is 261 cm³/mol. The molecule has 62 heavy (non-hydrogen) atoms. The molecular weight excluding hydrogens is 749 g/mol. The van der Waals surface area contributed by atoms with Gasteiger partial charge in [0.05, 0.1) is 11.4 Å². The third kappa shape index (κ3) is 7.04. The van der Waals surface area contributed by atoms with E-state index < -0.39 is 0 Å². The molecule has 0 atom stereocenters. The molecule has 0 radical (unpaired) electrons. The molecule has 11 aromatic rings. The average molecular weight is 789 g/mol. The third-order valence-electron chi connectivity index (χ3n) is 11.9. The van der Waals surface area contributed by atoms with Gasteiger partial charge in [-0.3, -0.25) is 9.97 Å². The number of rotatable bonds is 8. The Balaban J connectivity index is 1.22.